The average Bonchev–Trinajstić information content (AvgIpc) is 3.44. The van der Waals surface area contributed by atoms with Crippen molar-refractivity contribution in [1.82, 2.24) is 9.88 Å². The lowest BCUT2D eigenvalue weighted by Gasteiger charge is -2.37. The predicted molar refractivity (Wildman–Crippen MR) is 172 cm³/mol. The zero-order valence-electron chi connectivity index (χ0n) is 24.2. The van der Waals surface area contributed by atoms with Gasteiger partial charge in [-0.1, -0.05) is 44.2 Å². The number of rotatable bonds is 7. The Kier molecular flexibility index (Phi) is 7.06. The maximum Gasteiger partial charge on any atom is 0.347 e. The zero-order valence-corrected chi connectivity index (χ0v) is 25.1. The Morgan fingerprint density at radius 2 is 1.71 bits per heavy atom. The van der Waals surface area contributed by atoms with Gasteiger partial charge in [0.25, 0.3) is 5.91 Å². The van der Waals surface area contributed by atoms with E-state index in [-0.39, 0.29) is 5.91 Å². The molecule has 2 aliphatic heterocycles. The molecule has 0 saturated carbocycles. The fraction of sp³-hybridized carbons (Fsp3) is 0.343. The number of fused-ring (bicyclic) bond motifs is 3. The number of aromatic nitrogens is 1. The number of hydrogen-bond acceptors (Lipinski definition) is 6. The quantitative estimate of drug-likeness (QED) is 0.186. The van der Waals surface area contributed by atoms with Crippen LogP contribution >= 0.6 is 11.3 Å². The van der Waals surface area contributed by atoms with Crippen molar-refractivity contribution < 1.29 is 9.21 Å². The van der Waals surface area contributed by atoms with E-state index in [0.29, 0.717) is 34.8 Å². The van der Waals surface area contributed by atoms with Crippen LogP contribution in [0.2, 0.25) is 0 Å². The Bertz CT molecular complexity index is 1850. The van der Waals surface area contributed by atoms with Gasteiger partial charge in [0.1, 0.15) is 16.2 Å². The van der Waals surface area contributed by atoms with Gasteiger partial charge in [0, 0.05) is 53.9 Å². The highest BCUT2D eigenvalue weighted by Crippen LogP contribution is 2.46. The summed E-state index contributed by atoms with van der Waals surface area (Å²) in [6.07, 6.45) is 5.77. The Balaban J connectivity index is 1.57. The summed E-state index contributed by atoms with van der Waals surface area (Å²) in [6.45, 7) is 7.65. The second-order valence-corrected chi connectivity index (χ2v) is 12.4. The Morgan fingerprint density at radius 3 is 2.50 bits per heavy atom. The number of anilines is 1. The van der Waals surface area contributed by atoms with Crippen LogP contribution in [0.3, 0.4) is 0 Å². The molecule has 0 unspecified atom stereocenters. The molecule has 2 aliphatic rings. The molecule has 0 saturated heterocycles. The summed E-state index contributed by atoms with van der Waals surface area (Å²) < 4.78 is 7.30. The van der Waals surface area contributed by atoms with Gasteiger partial charge in [0.2, 0.25) is 0 Å². The van der Waals surface area contributed by atoms with E-state index in [0.717, 1.165) is 83.9 Å². The van der Waals surface area contributed by atoms with E-state index in [1.165, 1.54) is 22.6 Å². The van der Waals surface area contributed by atoms with Gasteiger partial charge in [-0.15, -0.1) is 11.3 Å². The maximum atomic E-state index is 14.2. The summed E-state index contributed by atoms with van der Waals surface area (Å²) in [6, 6.07) is 18.0. The van der Waals surface area contributed by atoms with Crippen LogP contribution in [0.5, 0.6) is 0 Å². The molecule has 6 nitrogen and oxygen atoms in total. The summed E-state index contributed by atoms with van der Waals surface area (Å²) in [7, 11) is 0. The molecule has 2 aromatic heterocycles. The number of benzene rings is 3. The molecule has 0 fully saturated rings. The van der Waals surface area contributed by atoms with Gasteiger partial charge in [-0.2, -0.15) is 0 Å². The number of para-hydroxylation sites is 1. The molecule has 0 bridgehead atoms. The minimum atomic E-state index is -0.401. The van der Waals surface area contributed by atoms with Crippen molar-refractivity contribution in [3.63, 3.8) is 0 Å². The molecule has 5 aromatic rings. The van der Waals surface area contributed by atoms with Gasteiger partial charge >= 0.3 is 5.63 Å². The Morgan fingerprint density at radius 1 is 0.976 bits per heavy atom. The normalized spacial score (nSPS) is 14.4. The van der Waals surface area contributed by atoms with Crippen molar-refractivity contribution in [1.29, 1.82) is 0 Å². The summed E-state index contributed by atoms with van der Waals surface area (Å²) in [4.78, 5) is 37.6. The third kappa shape index (κ3) is 4.42. The molecule has 0 N–H and O–H groups in total. The van der Waals surface area contributed by atoms with Crippen molar-refractivity contribution in [3.05, 3.63) is 81.7 Å². The van der Waals surface area contributed by atoms with Crippen LogP contribution in [0.15, 0.2) is 63.8 Å². The molecule has 42 heavy (non-hydrogen) atoms. The lowest BCUT2D eigenvalue weighted by Crippen LogP contribution is -2.34. The fourth-order valence-electron chi connectivity index (χ4n) is 6.88. The van der Waals surface area contributed by atoms with Crippen molar-refractivity contribution in [2.75, 3.05) is 31.1 Å². The molecule has 3 aromatic carbocycles. The molecule has 0 aliphatic carbocycles. The highest BCUT2D eigenvalue weighted by atomic mass is 32.1. The van der Waals surface area contributed by atoms with Crippen LogP contribution < -0.4 is 10.5 Å². The van der Waals surface area contributed by atoms with E-state index in [1.807, 2.05) is 53.4 Å². The molecular formula is C35H35N3O3S. The SMILES string of the molecule is CCCN(CCC)C(=O)c1ccccc1-c1c(-c2nc3ccccc3s2)c(=O)oc2c3c4c(cc12)CCCN4CCC3. The molecule has 214 valence electrons. The summed E-state index contributed by atoms with van der Waals surface area (Å²) >= 11 is 1.49. The van der Waals surface area contributed by atoms with Crippen molar-refractivity contribution in [3.8, 4) is 21.7 Å². The molecule has 1 amide bonds. The van der Waals surface area contributed by atoms with Gasteiger partial charge < -0.3 is 14.2 Å². The third-order valence-electron chi connectivity index (χ3n) is 8.60. The second kappa shape index (κ2) is 11.0. The monoisotopic (exact) mass is 577 g/mol. The zero-order chi connectivity index (χ0) is 28.8. The first kappa shape index (κ1) is 26.9. The minimum absolute atomic E-state index is 0.00332. The first-order valence-electron chi connectivity index (χ1n) is 15.2. The van der Waals surface area contributed by atoms with Gasteiger partial charge in [0.05, 0.1) is 10.2 Å². The summed E-state index contributed by atoms with van der Waals surface area (Å²) in [5, 5.41) is 1.52. The third-order valence-corrected chi connectivity index (χ3v) is 9.65. The summed E-state index contributed by atoms with van der Waals surface area (Å²) in [5.41, 5.74) is 7.37. The smallest absolute Gasteiger partial charge is 0.347 e. The number of carbonyl (C=O) groups is 1. The maximum absolute atomic E-state index is 14.2. The number of aryl methyl sites for hydroxylation is 2. The van der Waals surface area contributed by atoms with Crippen LogP contribution in [0.4, 0.5) is 5.69 Å². The van der Waals surface area contributed by atoms with Crippen LogP contribution in [0.25, 0.3) is 42.9 Å². The topological polar surface area (TPSA) is 66.7 Å². The standard InChI is InChI=1S/C35H35N3O3S/c1-3-17-38(18-4-2)34(39)24-13-6-5-12-23(24)29-26-21-22-11-9-19-37-20-10-14-25(31(22)37)32(26)41-35(40)30(29)33-36-27-15-7-8-16-28(27)42-33/h5-8,12-13,15-16,21H,3-4,9-11,14,17-20H2,1-2H3. The van der Waals surface area contributed by atoms with Gasteiger partial charge in [-0.05, 0) is 73.9 Å². The highest BCUT2D eigenvalue weighted by molar-refractivity contribution is 7.21. The molecule has 0 atom stereocenters. The van der Waals surface area contributed by atoms with Crippen molar-refractivity contribution >= 4 is 44.1 Å². The molecular weight excluding hydrogens is 542 g/mol. The van der Waals surface area contributed by atoms with E-state index < -0.39 is 5.63 Å². The van der Waals surface area contributed by atoms with Crippen LogP contribution in [0, 0.1) is 0 Å². The second-order valence-electron chi connectivity index (χ2n) is 11.4. The van der Waals surface area contributed by atoms with Crippen LogP contribution in [0.1, 0.15) is 61.0 Å². The largest absolute Gasteiger partial charge is 0.422 e. The first-order valence-corrected chi connectivity index (χ1v) is 16.1. The molecule has 0 radical (unpaired) electrons. The molecule has 7 heteroatoms. The van der Waals surface area contributed by atoms with Gasteiger partial charge in [-0.3, -0.25) is 4.79 Å². The fourth-order valence-corrected chi connectivity index (χ4v) is 7.88. The average molecular weight is 578 g/mol. The van der Waals surface area contributed by atoms with Gasteiger partial charge in [-0.25, -0.2) is 9.78 Å². The lowest BCUT2D eigenvalue weighted by molar-refractivity contribution is 0.0756. The predicted octanol–water partition coefficient (Wildman–Crippen LogP) is 7.70. The molecule has 0 spiro atoms. The number of carbonyl (C=O) groups excluding carboxylic acids is 1. The van der Waals surface area contributed by atoms with E-state index >= 15 is 0 Å². The molecule has 7 rings (SSSR count). The van der Waals surface area contributed by atoms with E-state index in [2.05, 4.69) is 24.8 Å². The van der Waals surface area contributed by atoms with Crippen molar-refractivity contribution in [2.24, 2.45) is 0 Å². The summed E-state index contributed by atoms with van der Waals surface area (Å²) in [5.74, 6) is -0.00332. The number of nitrogens with zero attached hydrogens (tertiary/aromatic N) is 3. The van der Waals surface area contributed by atoms with E-state index in [9.17, 15) is 9.59 Å². The molecule has 4 heterocycles. The highest BCUT2D eigenvalue weighted by Gasteiger charge is 2.31. The number of hydrogen-bond donors (Lipinski definition) is 0. The minimum Gasteiger partial charge on any atom is -0.422 e. The Labute approximate surface area is 249 Å². The van der Waals surface area contributed by atoms with E-state index in [1.54, 1.807) is 0 Å². The first-order chi connectivity index (χ1) is 20.6. The number of amides is 1. The lowest BCUT2D eigenvalue weighted by atomic mass is 9.86. The van der Waals surface area contributed by atoms with Crippen LogP contribution in [-0.2, 0) is 12.8 Å². The van der Waals surface area contributed by atoms with Crippen molar-refractivity contribution in [2.45, 2.75) is 52.4 Å². The van der Waals surface area contributed by atoms with Crippen LogP contribution in [-0.4, -0.2) is 42.0 Å². The Hall–Kier alpha value is -3.97. The van der Waals surface area contributed by atoms with Gasteiger partial charge in [0.15, 0.2) is 0 Å². The van der Waals surface area contributed by atoms with E-state index in [4.69, 9.17) is 9.40 Å². The number of thiazole rings is 1.